The van der Waals surface area contributed by atoms with E-state index in [0.29, 0.717) is 11.5 Å². The number of para-hydroxylation sites is 1. The second-order valence-electron chi connectivity index (χ2n) is 21.5. The Morgan fingerprint density at radius 3 is 1.97 bits per heavy atom. The van der Waals surface area contributed by atoms with Gasteiger partial charge in [-0.15, -0.1) is 35.7 Å². The zero-order valence-corrected chi connectivity index (χ0v) is 41.1. The van der Waals surface area contributed by atoms with Gasteiger partial charge in [-0.3, -0.25) is 4.68 Å². The fraction of sp³-hybridized carbons (Fsp3) is 0.418. The number of nitrogens with zero attached hydrogens (tertiary/aromatic N) is 4. The first-order chi connectivity index (χ1) is 27.9. The summed E-state index contributed by atoms with van der Waals surface area (Å²) in [6, 6.07) is 33.6. The Bertz CT molecular complexity index is 2680. The number of ether oxygens (including phenoxy) is 1. The van der Waals surface area contributed by atoms with Crippen molar-refractivity contribution in [2.75, 3.05) is 0 Å². The van der Waals surface area contributed by atoms with E-state index in [1.165, 1.54) is 39.1 Å². The van der Waals surface area contributed by atoms with Crippen molar-refractivity contribution in [2.24, 2.45) is 5.41 Å². The molecular weight excluding hydrogens is 839 g/mol. The first-order valence-corrected chi connectivity index (χ1v) is 21.9. The molecular formula is C55H66N4OPd. The van der Waals surface area contributed by atoms with Crippen molar-refractivity contribution in [2.45, 2.75) is 146 Å². The van der Waals surface area contributed by atoms with Crippen LogP contribution in [0.3, 0.4) is 0 Å². The van der Waals surface area contributed by atoms with E-state index >= 15 is 0 Å². The Morgan fingerprint density at radius 2 is 1.38 bits per heavy atom. The fourth-order valence-corrected chi connectivity index (χ4v) is 8.73. The quantitative estimate of drug-likeness (QED) is 0.113. The molecule has 7 aromatic rings. The number of benzene rings is 4. The van der Waals surface area contributed by atoms with Gasteiger partial charge in [0.2, 0.25) is 0 Å². The van der Waals surface area contributed by atoms with Crippen molar-refractivity contribution < 1.29 is 25.2 Å². The zero-order chi connectivity index (χ0) is 43.7. The largest absolute Gasteiger partial charge is 2.00 e. The van der Waals surface area contributed by atoms with Crippen molar-refractivity contribution >= 4 is 21.8 Å². The van der Waals surface area contributed by atoms with E-state index in [4.69, 9.17) is 14.8 Å². The van der Waals surface area contributed by atoms with Crippen LogP contribution >= 0.6 is 0 Å². The van der Waals surface area contributed by atoms with Gasteiger partial charge in [0.15, 0.2) is 0 Å². The molecule has 0 aliphatic carbocycles. The number of fused-ring (bicyclic) bond motifs is 3. The van der Waals surface area contributed by atoms with Crippen LogP contribution in [0.5, 0.6) is 11.5 Å². The number of pyridine rings is 1. The summed E-state index contributed by atoms with van der Waals surface area (Å²) >= 11 is 0. The Kier molecular flexibility index (Phi) is 12.6. The van der Waals surface area contributed by atoms with Crippen molar-refractivity contribution in [1.82, 2.24) is 19.3 Å². The predicted molar refractivity (Wildman–Crippen MR) is 253 cm³/mol. The third-order valence-electron chi connectivity index (χ3n) is 11.7. The minimum absolute atomic E-state index is 0. The summed E-state index contributed by atoms with van der Waals surface area (Å²) in [6.45, 7) is 36.7. The predicted octanol–water partition coefficient (Wildman–Crippen LogP) is 14.9. The van der Waals surface area contributed by atoms with Crippen molar-refractivity contribution in [3.05, 3.63) is 130 Å². The number of rotatable bonds is 8. The maximum Gasteiger partial charge on any atom is 2.00 e. The number of hydrogen-bond acceptors (Lipinski definition) is 3. The maximum absolute atomic E-state index is 6.80. The van der Waals surface area contributed by atoms with Gasteiger partial charge in [-0.2, -0.15) is 16.7 Å². The first kappa shape index (κ1) is 46.0. The van der Waals surface area contributed by atoms with Crippen LogP contribution in [-0.2, 0) is 49.5 Å². The molecule has 3 aromatic heterocycles. The molecule has 0 amide bonds. The van der Waals surface area contributed by atoms with Gasteiger partial charge in [0.05, 0.1) is 11.4 Å². The van der Waals surface area contributed by atoms with Gasteiger partial charge in [0.1, 0.15) is 5.82 Å². The van der Waals surface area contributed by atoms with Gasteiger partial charge in [-0.1, -0.05) is 146 Å². The second-order valence-corrected chi connectivity index (χ2v) is 21.5. The molecule has 0 N–H and O–H groups in total. The Hall–Kier alpha value is -4.50. The van der Waals surface area contributed by atoms with Crippen molar-refractivity contribution in [3.8, 4) is 34.1 Å². The third-order valence-corrected chi connectivity index (χ3v) is 11.7. The molecule has 6 heteroatoms. The first-order valence-electron chi connectivity index (χ1n) is 21.9. The standard InChI is InChI=1S/C55H66N4O.Pd/c1-17-36-26-39(59-48(33-52(5,6)7)50(51(57-59)34(2)3)37-28-44(54(11,12)13)35(4)45(29-37)55(14,15)16)31-41(27-36)60-40-22-23-43-42-20-18-19-21-46(42)58(47(43)32-40)49-30-38(24-25-56-49)53(8,9)10;/h18-30,34H,17,33H2,1-16H3;/q-2;+2. The third kappa shape index (κ3) is 9.33. The van der Waals surface area contributed by atoms with Crippen LogP contribution in [0.25, 0.3) is 44.4 Å². The van der Waals surface area contributed by atoms with Crippen molar-refractivity contribution in [1.29, 1.82) is 0 Å². The Labute approximate surface area is 380 Å². The average Bonchev–Trinajstić information content (AvgIpc) is 3.68. The summed E-state index contributed by atoms with van der Waals surface area (Å²) in [5, 5.41) is 7.77. The molecule has 0 radical (unpaired) electrons. The molecule has 61 heavy (non-hydrogen) atoms. The molecule has 0 fully saturated rings. The molecule has 0 aliphatic heterocycles. The van der Waals surface area contributed by atoms with E-state index in [2.05, 4.69) is 199 Å². The second kappa shape index (κ2) is 16.7. The molecule has 0 aliphatic rings. The molecule has 322 valence electrons. The number of aromatic nitrogens is 4. The van der Waals surface area contributed by atoms with Crippen LogP contribution in [0.4, 0.5) is 0 Å². The normalized spacial score (nSPS) is 12.7. The van der Waals surface area contributed by atoms with Crippen molar-refractivity contribution in [3.63, 3.8) is 0 Å². The summed E-state index contributed by atoms with van der Waals surface area (Å²) in [4.78, 5) is 4.88. The van der Waals surface area contributed by atoms with Gasteiger partial charge >= 0.3 is 20.4 Å². The summed E-state index contributed by atoms with van der Waals surface area (Å²) in [7, 11) is 0. The summed E-state index contributed by atoms with van der Waals surface area (Å²) in [5.74, 6) is 2.33. The average molecular weight is 906 g/mol. The Morgan fingerprint density at radius 1 is 0.721 bits per heavy atom. The molecule has 5 nitrogen and oxygen atoms in total. The summed E-state index contributed by atoms with van der Waals surface area (Å²) in [6.07, 6.45) is 3.59. The van der Waals surface area contributed by atoms with E-state index in [1.807, 2.05) is 12.3 Å². The smallest absolute Gasteiger partial charge is 0.509 e. The van der Waals surface area contributed by atoms with E-state index < -0.39 is 0 Å². The molecule has 0 unspecified atom stereocenters. The minimum atomic E-state index is -0.0187. The molecule has 0 atom stereocenters. The summed E-state index contributed by atoms with van der Waals surface area (Å²) in [5.41, 5.74) is 14.1. The van der Waals surface area contributed by atoms with Crippen LogP contribution in [0.15, 0.2) is 79.0 Å². The van der Waals surface area contributed by atoms with Gasteiger partial charge in [-0.25, -0.2) is 4.98 Å². The van der Waals surface area contributed by atoms with Crippen LogP contribution in [-0.4, -0.2) is 19.3 Å². The van der Waals surface area contributed by atoms with E-state index in [-0.39, 0.29) is 48.0 Å². The Balaban J connectivity index is 0.00000622. The maximum atomic E-state index is 6.80. The topological polar surface area (TPSA) is 44.9 Å². The molecule has 0 saturated heterocycles. The van der Waals surface area contributed by atoms with Crippen LogP contribution in [0.2, 0.25) is 0 Å². The minimum Gasteiger partial charge on any atom is -0.509 e. The van der Waals surface area contributed by atoms with Crippen LogP contribution < -0.4 is 4.74 Å². The van der Waals surface area contributed by atoms with Crippen LogP contribution in [0, 0.1) is 24.5 Å². The number of hydrogen-bond donors (Lipinski definition) is 0. The molecule has 3 heterocycles. The van der Waals surface area contributed by atoms with Crippen LogP contribution in [0.1, 0.15) is 149 Å². The molecule has 7 rings (SSSR count). The molecule has 4 aromatic carbocycles. The van der Waals surface area contributed by atoms with E-state index in [1.54, 1.807) is 0 Å². The monoisotopic (exact) mass is 904 g/mol. The zero-order valence-electron chi connectivity index (χ0n) is 39.5. The molecule has 0 bridgehead atoms. The van der Waals surface area contributed by atoms with Gasteiger partial charge in [0, 0.05) is 28.8 Å². The number of aryl methyl sites for hydroxylation is 1. The summed E-state index contributed by atoms with van der Waals surface area (Å²) < 4.78 is 11.2. The SMILES string of the molecule is CCc1cc(Oc2[c-]c3c(cc2)c2ccccc2n3-c2cc(C(C)(C)C)ccn2)[c-]c(-n2nc(C(C)C)c(-c3cc(C(C)(C)C)c(C)c(C(C)(C)C)c3)c2CC(C)(C)C)c1.[Pd+2]. The molecule has 0 saturated carbocycles. The van der Waals surface area contributed by atoms with Gasteiger partial charge in [-0.05, 0) is 98.0 Å². The van der Waals surface area contributed by atoms with E-state index in [0.717, 1.165) is 57.4 Å². The molecule has 0 spiro atoms. The van der Waals surface area contributed by atoms with E-state index in [9.17, 15) is 0 Å². The fourth-order valence-electron chi connectivity index (χ4n) is 8.73. The van der Waals surface area contributed by atoms with Gasteiger partial charge in [0.25, 0.3) is 0 Å². The van der Waals surface area contributed by atoms with Gasteiger partial charge < -0.3 is 9.30 Å².